The highest BCUT2D eigenvalue weighted by atomic mass is 32.1. The molecule has 0 unspecified atom stereocenters. The molecule has 0 aliphatic rings. The van der Waals surface area contributed by atoms with Crippen LogP contribution in [0.5, 0.6) is 0 Å². The highest BCUT2D eigenvalue weighted by Crippen LogP contribution is 2.33. The molecule has 0 aliphatic heterocycles. The first-order chi connectivity index (χ1) is 8.44. The minimum Gasteiger partial charge on any atom is -0.365 e. The molecule has 0 saturated heterocycles. The van der Waals surface area contributed by atoms with Crippen LogP contribution in [0.4, 0.5) is 5.82 Å². The van der Waals surface area contributed by atoms with Gasteiger partial charge in [-0.2, -0.15) is 0 Å². The molecule has 0 saturated carbocycles. The van der Waals surface area contributed by atoms with Gasteiger partial charge in [0.1, 0.15) is 17.0 Å². The van der Waals surface area contributed by atoms with Gasteiger partial charge in [0.05, 0.1) is 5.39 Å². The van der Waals surface area contributed by atoms with E-state index in [1.165, 1.54) is 15.8 Å². The lowest BCUT2D eigenvalue weighted by atomic mass is 9.99. The number of hydrogen-bond acceptors (Lipinski definition) is 4. The van der Waals surface area contributed by atoms with Crippen molar-refractivity contribution in [3.8, 4) is 0 Å². The van der Waals surface area contributed by atoms with E-state index in [2.05, 4.69) is 49.9 Å². The number of aryl methyl sites for hydroxylation is 2. The van der Waals surface area contributed by atoms with Crippen molar-refractivity contribution >= 4 is 27.4 Å². The van der Waals surface area contributed by atoms with E-state index in [0.29, 0.717) is 0 Å². The Bertz CT molecular complexity index is 557. The number of hydrogen-bond donors (Lipinski definition) is 1. The predicted octanol–water partition coefficient (Wildman–Crippen LogP) is 4.30. The summed E-state index contributed by atoms with van der Waals surface area (Å²) >= 11 is 1.74. The SMILES string of the molecule is CCCC(C)(C)Nc1ncnc2sc(C)c(C)c12. The third-order valence-electron chi connectivity index (χ3n) is 3.30. The van der Waals surface area contributed by atoms with Gasteiger partial charge in [0, 0.05) is 10.4 Å². The number of aromatic nitrogens is 2. The number of rotatable bonds is 4. The molecule has 1 N–H and O–H groups in total. The van der Waals surface area contributed by atoms with Crippen molar-refractivity contribution in [1.29, 1.82) is 0 Å². The van der Waals surface area contributed by atoms with Crippen LogP contribution in [0.2, 0.25) is 0 Å². The summed E-state index contributed by atoms with van der Waals surface area (Å²) in [5.41, 5.74) is 1.36. The molecule has 4 heteroatoms. The smallest absolute Gasteiger partial charge is 0.138 e. The van der Waals surface area contributed by atoms with Crippen LogP contribution in [0.1, 0.15) is 44.1 Å². The van der Waals surface area contributed by atoms with Crippen LogP contribution in [0.25, 0.3) is 10.2 Å². The maximum atomic E-state index is 4.43. The predicted molar refractivity (Wildman–Crippen MR) is 79.5 cm³/mol. The van der Waals surface area contributed by atoms with Gasteiger partial charge in [-0.1, -0.05) is 13.3 Å². The summed E-state index contributed by atoms with van der Waals surface area (Å²) in [6.07, 6.45) is 3.94. The molecule has 98 valence electrons. The maximum absolute atomic E-state index is 4.43. The van der Waals surface area contributed by atoms with Crippen molar-refractivity contribution in [2.75, 3.05) is 5.32 Å². The van der Waals surface area contributed by atoms with Gasteiger partial charge in [0.2, 0.25) is 0 Å². The van der Waals surface area contributed by atoms with Gasteiger partial charge in [-0.3, -0.25) is 0 Å². The molecule has 0 amide bonds. The van der Waals surface area contributed by atoms with E-state index < -0.39 is 0 Å². The normalized spacial score (nSPS) is 12.1. The zero-order valence-electron chi connectivity index (χ0n) is 11.8. The van der Waals surface area contributed by atoms with Crippen LogP contribution >= 0.6 is 11.3 Å². The van der Waals surface area contributed by atoms with E-state index in [1.807, 2.05) is 0 Å². The van der Waals surface area contributed by atoms with E-state index in [4.69, 9.17) is 0 Å². The van der Waals surface area contributed by atoms with Gasteiger partial charge in [0.25, 0.3) is 0 Å². The van der Waals surface area contributed by atoms with Gasteiger partial charge in [-0.15, -0.1) is 11.3 Å². The number of fused-ring (bicyclic) bond motifs is 1. The molecule has 0 aliphatic carbocycles. The molecule has 2 aromatic heterocycles. The van der Waals surface area contributed by atoms with Crippen molar-refractivity contribution in [2.24, 2.45) is 0 Å². The molecule has 3 nitrogen and oxygen atoms in total. The van der Waals surface area contributed by atoms with Crippen LogP contribution in [0.15, 0.2) is 6.33 Å². The average Bonchev–Trinajstić information content (AvgIpc) is 2.55. The lowest BCUT2D eigenvalue weighted by Crippen LogP contribution is -2.31. The Labute approximate surface area is 113 Å². The van der Waals surface area contributed by atoms with Crippen LogP contribution in [-0.2, 0) is 0 Å². The summed E-state index contributed by atoms with van der Waals surface area (Å²) in [5.74, 6) is 0.973. The molecule has 0 bridgehead atoms. The average molecular weight is 263 g/mol. The fraction of sp³-hybridized carbons (Fsp3) is 0.571. The second-order valence-electron chi connectivity index (χ2n) is 5.44. The number of thiophene rings is 1. The van der Waals surface area contributed by atoms with Crippen molar-refractivity contribution in [2.45, 2.75) is 53.0 Å². The molecule has 0 fully saturated rings. The first-order valence-corrected chi connectivity index (χ1v) is 7.25. The molecular formula is C14H21N3S. The molecule has 2 aromatic rings. The van der Waals surface area contributed by atoms with E-state index in [1.54, 1.807) is 17.7 Å². The second-order valence-corrected chi connectivity index (χ2v) is 6.65. The summed E-state index contributed by atoms with van der Waals surface area (Å²) < 4.78 is 0. The molecule has 0 aromatic carbocycles. The van der Waals surface area contributed by atoms with Gasteiger partial charge in [-0.25, -0.2) is 9.97 Å². The van der Waals surface area contributed by atoms with Gasteiger partial charge < -0.3 is 5.32 Å². The Balaban J connectivity index is 2.45. The van der Waals surface area contributed by atoms with Crippen LogP contribution in [0.3, 0.4) is 0 Å². The lowest BCUT2D eigenvalue weighted by Gasteiger charge is -2.26. The summed E-state index contributed by atoms with van der Waals surface area (Å²) in [5, 5.41) is 4.76. The monoisotopic (exact) mass is 263 g/mol. The first-order valence-electron chi connectivity index (χ1n) is 6.43. The van der Waals surface area contributed by atoms with E-state index in [9.17, 15) is 0 Å². The van der Waals surface area contributed by atoms with Gasteiger partial charge in [-0.05, 0) is 39.7 Å². The Hall–Kier alpha value is -1.16. The van der Waals surface area contributed by atoms with Crippen molar-refractivity contribution in [3.63, 3.8) is 0 Å². The van der Waals surface area contributed by atoms with E-state index in [0.717, 1.165) is 23.5 Å². The second kappa shape index (κ2) is 4.84. The maximum Gasteiger partial charge on any atom is 0.138 e. The first kappa shape index (κ1) is 13.3. The quantitative estimate of drug-likeness (QED) is 0.893. The summed E-state index contributed by atoms with van der Waals surface area (Å²) in [7, 11) is 0. The zero-order valence-corrected chi connectivity index (χ0v) is 12.6. The molecule has 0 atom stereocenters. The van der Waals surface area contributed by atoms with Gasteiger partial charge >= 0.3 is 0 Å². The third-order valence-corrected chi connectivity index (χ3v) is 4.41. The molecule has 0 radical (unpaired) electrons. The Kier molecular flexibility index (Phi) is 3.57. The number of nitrogens with zero attached hydrogens (tertiary/aromatic N) is 2. The summed E-state index contributed by atoms with van der Waals surface area (Å²) in [6, 6.07) is 0. The fourth-order valence-electron chi connectivity index (χ4n) is 2.29. The lowest BCUT2D eigenvalue weighted by molar-refractivity contribution is 0.509. The highest BCUT2D eigenvalue weighted by molar-refractivity contribution is 7.18. The molecule has 2 rings (SSSR count). The molecular weight excluding hydrogens is 242 g/mol. The van der Waals surface area contributed by atoms with Crippen molar-refractivity contribution < 1.29 is 0 Å². The molecule has 0 spiro atoms. The summed E-state index contributed by atoms with van der Waals surface area (Å²) in [6.45, 7) is 10.9. The van der Waals surface area contributed by atoms with E-state index in [-0.39, 0.29) is 5.54 Å². The summed E-state index contributed by atoms with van der Waals surface area (Å²) in [4.78, 5) is 11.2. The minimum atomic E-state index is 0.0678. The van der Waals surface area contributed by atoms with Crippen molar-refractivity contribution in [1.82, 2.24) is 9.97 Å². The Morgan fingerprint density at radius 3 is 2.67 bits per heavy atom. The largest absolute Gasteiger partial charge is 0.365 e. The highest BCUT2D eigenvalue weighted by Gasteiger charge is 2.20. The minimum absolute atomic E-state index is 0.0678. The van der Waals surface area contributed by atoms with Gasteiger partial charge in [0.15, 0.2) is 0 Å². The molecule has 2 heterocycles. The fourth-order valence-corrected chi connectivity index (χ4v) is 3.28. The molecule has 18 heavy (non-hydrogen) atoms. The van der Waals surface area contributed by atoms with Crippen LogP contribution < -0.4 is 5.32 Å². The zero-order chi connectivity index (χ0) is 13.3. The number of anilines is 1. The Morgan fingerprint density at radius 1 is 1.28 bits per heavy atom. The Morgan fingerprint density at radius 2 is 2.00 bits per heavy atom. The van der Waals surface area contributed by atoms with Crippen LogP contribution in [0, 0.1) is 13.8 Å². The van der Waals surface area contributed by atoms with E-state index >= 15 is 0 Å². The topological polar surface area (TPSA) is 37.8 Å². The van der Waals surface area contributed by atoms with Crippen molar-refractivity contribution in [3.05, 3.63) is 16.8 Å². The number of nitrogens with one attached hydrogen (secondary N) is 1. The van der Waals surface area contributed by atoms with Crippen LogP contribution in [-0.4, -0.2) is 15.5 Å². The standard InChI is InChI=1S/C14H21N3S/c1-6-7-14(4,5)17-12-11-9(2)10(3)18-13(11)16-8-15-12/h8H,6-7H2,1-5H3,(H,15,16,17). The third kappa shape index (κ3) is 2.48.